The molecule has 18 heavy (non-hydrogen) atoms. The summed E-state index contributed by atoms with van der Waals surface area (Å²) in [7, 11) is -3.63. The molecule has 0 heterocycles. The summed E-state index contributed by atoms with van der Waals surface area (Å²) in [5, 5.41) is 9.30. The Morgan fingerprint density at radius 2 is 2.06 bits per heavy atom. The summed E-state index contributed by atoms with van der Waals surface area (Å²) in [6, 6.07) is 4.71. The van der Waals surface area contributed by atoms with Gasteiger partial charge in [-0.25, -0.2) is 13.1 Å². The molecule has 5 nitrogen and oxygen atoms in total. The van der Waals surface area contributed by atoms with Crippen molar-refractivity contribution in [1.29, 1.82) is 0 Å². The Balaban J connectivity index is 2.30. The van der Waals surface area contributed by atoms with E-state index < -0.39 is 15.6 Å². The molecule has 0 amide bonds. The number of rotatable bonds is 4. The molecular weight excluding hydrogens is 252 g/mol. The number of sulfonamides is 1. The first kappa shape index (κ1) is 13.3. The van der Waals surface area contributed by atoms with Crippen molar-refractivity contribution in [2.45, 2.75) is 36.6 Å². The van der Waals surface area contributed by atoms with Crippen LogP contribution in [-0.4, -0.2) is 25.7 Å². The summed E-state index contributed by atoms with van der Waals surface area (Å²) in [5.41, 5.74) is 6.19. The second-order valence-electron chi connectivity index (χ2n) is 4.98. The highest BCUT2D eigenvalue weighted by Crippen LogP contribution is 2.33. The van der Waals surface area contributed by atoms with E-state index in [1.165, 1.54) is 6.07 Å². The Kier molecular flexibility index (Phi) is 3.35. The fourth-order valence-corrected chi connectivity index (χ4v) is 3.76. The van der Waals surface area contributed by atoms with E-state index in [0.717, 1.165) is 12.0 Å². The first-order valence-corrected chi connectivity index (χ1v) is 7.37. The van der Waals surface area contributed by atoms with E-state index in [9.17, 15) is 13.5 Å². The monoisotopic (exact) mass is 270 g/mol. The topological polar surface area (TPSA) is 92.4 Å². The molecule has 1 aromatic rings. The first-order chi connectivity index (χ1) is 8.37. The SMILES string of the molecule is Cc1cc(N)cc(S(=O)(=O)NC2(CO)CCC2)c1. The fourth-order valence-electron chi connectivity index (χ4n) is 2.17. The molecule has 1 aliphatic rings. The lowest BCUT2D eigenvalue weighted by molar-refractivity contribution is 0.110. The van der Waals surface area contributed by atoms with Gasteiger partial charge in [0.1, 0.15) is 0 Å². The number of benzene rings is 1. The maximum atomic E-state index is 12.2. The number of aliphatic hydroxyl groups is 1. The zero-order valence-corrected chi connectivity index (χ0v) is 11.1. The predicted octanol–water partition coefficient (Wildman–Crippen LogP) is 0.771. The number of aliphatic hydroxyl groups excluding tert-OH is 1. The minimum atomic E-state index is -3.63. The van der Waals surface area contributed by atoms with Crippen LogP contribution < -0.4 is 10.5 Å². The Morgan fingerprint density at radius 3 is 2.50 bits per heavy atom. The molecule has 0 atom stereocenters. The molecule has 0 saturated heterocycles. The molecular formula is C12H18N2O3S. The minimum Gasteiger partial charge on any atom is -0.399 e. The van der Waals surface area contributed by atoms with Crippen molar-refractivity contribution >= 4 is 15.7 Å². The molecule has 0 spiro atoms. The van der Waals surface area contributed by atoms with Crippen molar-refractivity contribution in [1.82, 2.24) is 4.72 Å². The third-order valence-electron chi connectivity index (χ3n) is 3.35. The molecule has 100 valence electrons. The zero-order valence-electron chi connectivity index (χ0n) is 10.3. The van der Waals surface area contributed by atoms with E-state index in [1.54, 1.807) is 19.1 Å². The molecule has 0 unspecified atom stereocenters. The van der Waals surface area contributed by atoms with Crippen LogP contribution in [0.15, 0.2) is 23.1 Å². The van der Waals surface area contributed by atoms with Crippen LogP contribution in [0.3, 0.4) is 0 Å². The molecule has 1 fully saturated rings. The number of nitrogens with two attached hydrogens (primary N) is 1. The van der Waals surface area contributed by atoms with Gasteiger partial charge in [0.25, 0.3) is 0 Å². The first-order valence-electron chi connectivity index (χ1n) is 5.89. The summed E-state index contributed by atoms with van der Waals surface area (Å²) in [4.78, 5) is 0.153. The Bertz CT molecular complexity index is 525. The molecule has 0 bridgehead atoms. The quantitative estimate of drug-likeness (QED) is 0.705. The predicted molar refractivity (Wildman–Crippen MR) is 69.6 cm³/mol. The smallest absolute Gasteiger partial charge is 0.241 e. The lowest BCUT2D eigenvalue weighted by Crippen LogP contribution is -2.55. The van der Waals surface area contributed by atoms with Gasteiger partial charge in [-0.05, 0) is 49.9 Å². The third-order valence-corrected chi connectivity index (χ3v) is 4.91. The van der Waals surface area contributed by atoms with Crippen molar-refractivity contribution < 1.29 is 13.5 Å². The molecule has 4 N–H and O–H groups in total. The maximum Gasteiger partial charge on any atom is 0.241 e. The Labute approximate surface area is 107 Å². The average molecular weight is 270 g/mol. The average Bonchev–Trinajstić information content (AvgIpc) is 2.22. The van der Waals surface area contributed by atoms with Crippen molar-refractivity contribution in [3.8, 4) is 0 Å². The van der Waals surface area contributed by atoms with Gasteiger partial charge in [-0.15, -0.1) is 0 Å². The standard InChI is InChI=1S/C12H18N2O3S/c1-9-5-10(13)7-11(6-9)18(16,17)14-12(8-15)3-2-4-12/h5-7,14-15H,2-4,8,13H2,1H3. The lowest BCUT2D eigenvalue weighted by atomic mass is 9.78. The van der Waals surface area contributed by atoms with Gasteiger partial charge < -0.3 is 10.8 Å². The highest BCUT2D eigenvalue weighted by Gasteiger charge is 2.40. The van der Waals surface area contributed by atoms with Crippen molar-refractivity contribution in [3.63, 3.8) is 0 Å². The summed E-state index contributed by atoms with van der Waals surface area (Å²) in [6.45, 7) is 1.62. The molecule has 0 aliphatic heterocycles. The third kappa shape index (κ3) is 2.50. The van der Waals surface area contributed by atoms with Gasteiger partial charge in [0, 0.05) is 5.69 Å². The maximum absolute atomic E-state index is 12.2. The Hall–Kier alpha value is -1.11. The van der Waals surface area contributed by atoms with Crippen molar-refractivity contribution in [2.75, 3.05) is 12.3 Å². The van der Waals surface area contributed by atoms with Crippen LogP contribution in [0.25, 0.3) is 0 Å². The number of anilines is 1. The van der Waals surface area contributed by atoms with Crippen LogP contribution in [0.5, 0.6) is 0 Å². The van der Waals surface area contributed by atoms with E-state index in [4.69, 9.17) is 5.73 Å². The van der Waals surface area contributed by atoms with Gasteiger partial charge in [-0.2, -0.15) is 0 Å². The van der Waals surface area contributed by atoms with Gasteiger partial charge in [0.15, 0.2) is 0 Å². The van der Waals surface area contributed by atoms with Crippen LogP contribution in [0.2, 0.25) is 0 Å². The molecule has 1 saturated carbocycles. The normalized spacial score (nSPS) is 18.3. The van der Waals surface area contributed by atoms with Gasteiger partial charge in [0.05, 0.1) is 17.0 Å². The number of nitrogens with one attached hydrogen (secondary N) is 1. The molecule has 2 rings (SSSR count). The zero-order chi connectivity index (χ0) is 13.4. The summed E-state index contributed by atoms with van der Waals surface area (Å²) >= 11 is 0. The van der Waals surface area contributed by atoms with E-state index in [1.807, 2.05) is 0 Å². The summed E-state index contributed by atoms with van der Waals surface area (Å²) < 4.78 is 27.0. The van der Waals surface area contributed by atoms with Crippen LogP contribution in [0, 0.1) is 6.92 Å². The van der Waals surface area contributed by atoms with Gasteiger partial charge >= 0.3 is 0 Å². The van der Waals surface area contributed by atoms with E-state index in [2.05, 4.69) is 4.72 Å². The van der Waals surface area contributed by atoms with Crippen LogP contribution >= 0.6 is 0 Å². The lowest BCUT2D eigenvalue weighted by Gasteiger charge is -2.40. The summed E-state index contributed by atoms with van der Waals surface area (Å²) in [6.07, 6.45) is 2.27. The molecule has 0 aromatic heterocycles. The van der Waals surface area contributed by atoms with Crippen LogP contribution in [0.4, 0.5) is 5.69 Å². The van der Waals surface area contributed by atoms with Gasteiger partial charge in [0.2, 0.25) is 10.0 Å². The van der Waals surface area contributed by atoms with E-state index in [0.29, 0.717) is 18.5 Å². The van der Waals surface area contributed by atoms with E-state index >= 15 is 0 Å². The van der Waals surface area contributed by atoms with Crippen LogP contribution in [-0.2, 0) is 10.0 Å². The van der Waals surface area contributed by atoms with Crippen molar-refractivity contribution in [2.24, 2.45) is 0 Å². The number of nitrogen functional groups attached to an aromatic ring is 1. The van der Waals surface area contributed by atoms with Gasteiger partial charge in [-0.1, -0.05) is 0 Å². The van der Waals surface area contributed by atoms with Gasteiger partial charge in [-0.3, -0.25) is 0 Å². The Morgan fingerprint density at radius 1 is 1.39 bits per heavy atom. The molecule has 0 radical (unpaired) electrons. The number of aryl methyl sites for hydroxylation is 1. The molecule has 6 heteroatoms. The largest absolute Gasteiger partial charge is 0.399 e. The number of hydrogen-bond acceptors (Lipinski definition) is 4. The second-order valence-corrected chi connectivity index (χ2v) is 6.66. The molecule has 1 aromatic carbocycles. The van der Waals surface area contributed by atoms with Crippen molar-refractivity contribution in [3.05, 3.63) is 23.8 Å². The fraction of sp³-hybridized carbons (Fsp3) is 0.500. The highest BCUT2D eigenvalue weighted by atomic mass is 32.2. The highest BCUT2D eigenvalue weighted by molar-refractivity contribution is 7.89. The second kappa shape index (κ2) is 4.53. The minimum absolute atomic E-state index is 0.153. The van der Waals surface area contributed by atoms with E-state index in [-0.39, 0.29) is 11.5 Å². The summed E-state index contributed by atoms with van der Waals surface area (Å²) in [5.74, 6) is 0. The number of hydrogen-bond donors (Lipinski definition) is 3. The van der Waals surface area contributed by atoms with Crippen LogP contribution in [0.1, 0.15) is 24.8 Å². The molecule has 1 aliphatic carbocycles.